The molecule has 4 nitrogen and oxygen atoms in total. The van der Waals surface area contributed by atoms with Crippen LogP contribution in [-0.2, 0) is 10.0 Å². The van der Waals surface area contributed by atoms with Crippen LogP contribution in [0.15, 0.2) is 59.5 Å². The monoisotopic (exact) mass is 292 g/mol. The van der Waals surface area contributed by atoms with E-state index in [0.717, 1.165) is 0 Å². The van der Waals surface area contributed by atoms with E-state index < -0.39 is 10.0 Å². The third-order valence-electron chi connectivity index (χ3n) is 2.67. The van der Waals surface area contributed by atoms with E-state index in [4.69, 9.17) is 10.9 Å². The molecule has 0 aliphatic rings. The smallest absolute Gasteiger partial charge is 0.238 e. The molecule has 0 aromatic heterocycles. The molecule has 0 aliphatic heterocycles. The predicted octanol–water partition coefficient (Wildman–Crippen LogP) is 2.73. The summed E-state index contributed by atoms with van der Waals surface area (Å²) in [6.45, 7) is 4.41. The van der Waals surface area contributed by atoms with Crippen LogP contribution in [0.5, 0.6) is 0 Å². The molecule has 4 N–H and O–H groups in total. The van der Waals surface area contributed by atoms with E-state index in [1.807, 2.05) is 6.07 Å². The van der Waals surface area contributed by atoms with Gasteiger partial charge in [-0.05, 0) is 35.7 Å². The molecule has 0 saturated carbocycles. The summed E-state index contributed by atoms with van der Waals surface area (Å²) in [7, 11) is -3.58. The van der Waals surface area contributed by atoms with Crippen molar-refractivity contribution in [3.8, 4) is 0 Å². The largest absolute Gasteiger partial charge is 0.399 e. The number of sulfonamides is 1. The van der Waals surface area contributed by atoms with Gasteiger partial charge in [-0.3, -0.25) is 0 Å². The normalized spacial score (nSPS) is 10.8. The standard InChI is InChI=1S/C9H12.C6H8N2O2S/c1-8(2)9-6-4-3-5-7-9;7-5-1-3-6(4-2-5)11(8,9)10/h3-8H,1-2H3;1-4H,7H2,(H2,8,9,10). The molecule has 20 heavy (non-hydrogen) atoms. The van der Waals surface area contributed by atoms with Crippen molar-refractivity contribution in [2.75, 3.05) is 5.73 Å². The SMILES string of the molecule is CC(C)c1ccccc1.Nc1ccc(S(N)(=O)=O)cc1. The number of nitrogen functional groups attached to an aromatic ring is 1. The van der Waals surface area contributed by atoms with Gasteiger partial charge in [0.15, 0.2) is 0 Å². The van der Waals surface area contributed by atoms with Crippen molar-refractivity contribution in [2.24, 2.45) is 5.14 Å². The van der Waals surface area contributed by atoms with E-state index >= 15 is 0 Å². The van der Waals surface area contributed by atoms with Crippen molar-refractivity contribution in [1.29, 1.82) is 0 Å². The van der Waals surface area contributed by atoms with E-state index in [2.05, 4.69) is 38.1 Å². The van der Waals surface area contributed by atoms with Gasteiger partial charge in [0.2, 0.25) is 10.0 Å². The van der Waals surface area contributed by atoms with Gasteiger partial charge in [-0.2, -0.15) is 0 Å². The molecule has 0 bridgehead atoms. The first-order chi connectivity index (χ1) is 9.30. The van der Waals surface area contributed by atoms with Gasteiger partial charge in [-0.1, -0.05) is 44.2 Å². The lowest BCUT2D eigenvalue weighted by molar-refractivity contribution is 0.598. The zero-order chi connectivity index (χ0) is 15.2. The van der Waals surface area contributed by atoms with Crippen LogP contribution in [-0.4, -0.2) is 8.42 Å². The number of rotatable bonds is 2. The highest BCUT2D eigenvalue weighted by atomic mass is 32.2. The van der Waals surface area contributed by atoms with Crippen molar-refractivity contribution >= 4 is 15.7 Å². The number of anilines is 1. The predicted molar refractivity (Wildman–Crippen MR) is 82.8 cm³/mol. The molecule has 108 valence electrons. The Morgan fingerprint density at radius 1 is 0.900 bits per heavy atom. The number of hydrogen-bond donors (Lipinski definition) is 2. The molecule has 0 amide bonds. The summed E-state index contributed by atoms with van der Waals surface area (Å²) in [5, 5.41) is 4.84. The summed E-state index contributed by atoms with van der Waals surface area (Å²) in [5.74, 6) is 0.659. The van der Waals surface area contributed by atoms with Gasteiger partial charge in [-0.25, -0.2) is 13.6 Å². The van der Waals surface area contributed by atoms with Crippen LogP contribution in [0.2, 0.25) is 0 Å². The van der Waals surface area contributed by atoms with E-state index in [9.17, 15) is 8.42 Å². The van der Waals surface area contributed by atoms with E-state index in [1.165, 1.54) is 29.8 Å². The van der Waals surface area contributed by atoms with Crippen LogP contribution in [0.25, 0.3) is 0 Å². The average Bonchev–Trinajstić information content (AvgIpc) is 2.40. The maximum Gasteiger partial charge on any atom is 0.238 e. The van der Waals surface area contributed by atoms with Gasteiger partial charge in [0, 0.05) is 5.69 Å². The van der Waals surface area contributed by atoms with Crippen LogP contribution in [0.4, 0.5) is 5.69 Å². The van der Waals surface area contributed by atoms with Gasteiger partial charge in [0.25, 0.3) is 0 Å². The molecule has 0 heterocycles. The van der Waals surface area contributed by atoms with Crippen molar-refractivity contribution in [3.05, 3.63) is 60.2 Å². The summed E-state index contributed by atoms with van der Waals surface area (Å²) < 4.78 is 21.4. The molecule has 5 heteroatoms. The summed E-state index contributed by atoms with van der Waals surface area (Å²) in [6, 6.07) is 16.2. The Morgan fingerprint density at radius 3 is 1.75 bits per heavy atom. The summed E-state index contributed by atoms with van der Waals surface area (Å²) >= 11 is 0. The molecule has 2 aromatic rings. The van der Waals surface area contributed by atoms with Gasteiger partial charge in [0.05, 0.1) is 4.90 Å². The molecular formula is C15H20N2O2S. The van der Waals surface area contributed by atoms with Crippen molar-refractivity contribution < 1.29 is 8.42 Å². The number of benzene rings is 2. The highest BCUT2D eigenvalue weighted by Gasteiger charge is 2.04. The van der Waals surface area contributed by atoms with Crippen molar-refractivity contribution in [1.82, 2.24) is 0 Å². The number of nitrogens with two attached hydrogens (primary N) is 2. The first-order valence-corrected chi connectivity index (χ1v) is 7.78. The number of primary sulfonamides is 1. The highest BCUT2D eigenvalue weighted by molar-refractivity contribution is 7.89. The van der Waals surface area contributed by atoms with E-state index in [-0.39, 0.29) is 4.90 Å². The molecule has 0 saturated heterocycles. The Balaban J connectivity index is 0.000000204. The van der Waals surface area contributed by atoms with Gasteiger partial charge >= 0.3 is 0 Å². The first-order valence-electron chi connectivity index (χ1n) is 6.24. The molecule has 0 unspecified atom stereocenters. The maximum absolute atomic E-state index is 10.7. The molecular weight excluding hydrogens is 272 g/mol. The van der Waals surface area contributed by atoms with Gasteiger partial charge in [0.1, 0.15) is 0 Å². The highest BCUT2D eigenvalue weighted by Crippen LogP contribution is 2.11. The topological polar surface area (TPSA) is 86.2 Å². The third-order valence-corrected chi connectivity index (χ3v) is 3.60. The molecule has 0 aliphatic carbocycles. The molecule has 0 radical (unpaired) electrons. The lowest BCUT2D eigenvalue weighted by Gasteiger charge is -2.01. The first kappa shape index (κ1) is 16.2. The third kappa shape index (κ3) is 5.42. The van der Waals surface area contributed by atoms with E-state index in [0.29, 0.717) is 11.6 Å². The Labute approximate surface area is 120 Å². The van der Waals surface area contributed by atoms with Gasteiger partial charge < -0.3 is 5.73 Å². The fourth-order valence-electron chi connectivity index (χ4n) is 1.50. The Morgan fingerprint density at radius 2 is 1.40 bits per heavy atom. The van der Waals surface area contributed by atoms with Crippen LogP contribution in [0, 0.1) is 0 Å². The zero-order valence-corrected chi connectivity index (χ0v) is 12.5. The molecule has 0 fully saturated rings. The second-order valence-electron chi connectivity index (χ2n) is 4.68. The fourth-order valence-corrected chi connectivity index (χ4v) is 2.01. The Kier molecular flexibility index (Phi) is 5.73. The number of hydrogen-bond acceptors (Lipinski definition) is 3. The summed E-state index contributed by atoms with van der Waals surface area (Å²) in [6.07, 6.45) is 0. The average molecular weight is 292 g/mol. The zero-order valence-electron chi connectivity index (χ0n) is 11.7. The lowest BCUT2D eigenvalue weighted by atomic mass is 10.0. The van der Waals surface area contributed by atoms with E-state index in [1.54, 1.807) is 0 Å². The lowest BCUT2D eigenvalue weighted by Crippen LogP contribution is -2.11. The Hall–Kier alpha value is -1.85. The van der Waals surface area contributed by atoms with Crippen LogP contribution < -0.4 is 10.9 Å². The second-order valence-corrected chi connectivity index (χ2v) is 6.24. The summed E-state index contributed by atoms with van der Waals surface area (Å²) in [4.78, 5) is 0.0756. The minimum atomic E-state index is -3.58. The molecule has 0 spiro atoms. The maximum atomic E-state index is 10.7. The second kappa shape index (κ2) is 7.07. The van der Waals surface area contributed by atoms with Gasteiger partial charge in [-0.15, -0.1) is 0 Å². The van der Waals surface area contributed by atoms with Crippen LogP contribution in [0.3, 0.4) is 0 Å². The fraction of sp³-hybridized carbons (Fsp3) is 0.200. The quantitative estimate of drug-likeness (QED) is 0.834. The van der Waals surface area contributed by atoms with Crippen molar-refractivity contribution in [2.45, 2.75) is 24.7 Å². The molecule has 2 aromatic carbocycles. The van der Waals surface area contributed by atoms with Crippen LogP contribution in [0.1, 0.15) is 25.3 Å². The van der Waals surface area contributed by atoms with Crippen molar-refractivity contribution in [3.63, 3.8) is 0 Å². The Bertz CT molecular complexity index is 621. The van der Waals surface area contributed by atoms with Crippen LogP contribution >= 0.6 is 0 Å². The minimum Gasteiger partial charge on any atom is -0.399 e. The molecule has 2 rings (SSSR count). The minimum absolute atomic E-state index is 0.0756. The summed E-state index contributed by atoms with van der Waals surface area (Å²) in [5.41, 5.74) is 7.26. The molecule has 0 atom stereocenters.